The van der Waals surface area contributed by atoms with E-state index in [-0.39, 0.29) is 0 Å². The molecule has 0 aliphatic carbocycles. The number of aromatic nitrogens is 1. The third-order valence-corrected chi connectivity index (χ3v) is 1.90. The Kier molecular flexibility index (Phi) is 3.56. The normalized spacial score (nSPS) is 11.9. The standard InChI is InChI=1S/C10H13N5/c1-14-9(2-3-11)8-4-7(5-12)10(13)15-6-8/h2-6,12H,11H2,1H3,(H2,13,15). The van der Waals surface area contributed by atoms with E-state index in [2.05, 4.69) is 9.98 Å². The average molecular weight is 203 g/mol. The van der Waals surface area contributed by atoms with E-state index in [9.17, 15) is 0 Å². The first-order chi connectivity index (χ1) is 7.22. The first kappa shape index (κ1) is 10.9. The maximum absolute atomic E-state index is 7.15. The van der Waals surface area contributed by atoms with Gasteiger partial charge in [-0.1, -0.05) is 0 Å². The molecule has 0 aromatic carbocycles. The van der Waals surface area contributed by atoms with E-state index in [0.29, 0.717) is 17.1 Å². The van der Waals surface area contributed by atoms with Crippen molar-refractivity contribution in [2.24, 2.45) is 10.7 Å². The lowest BCUT2D eigenvalue weighted by Crippen LogP contribution is -2.03. The number of nitrogens with two attached hydrogens (primary N) is 2. The van der Waals surface area contributed by atoms with Gasteiger partial charge in [0, 0.05) is 30.6 Å². The van der Waals surface area contributed by atoms with Crippen molar-refractivity contribution >= 4 is 17.7 Å². The molecule has 0 atom stereocenters. The van der Waals surface area contributed by atoms with Crippen LogP contribution in [0.15, 0.2) is 29.5 Å². The van der Waals surface area contributed by atoms with Crippen molar-refractivity contribution in [1.82, 2.24) is 4.98 Å². The van der Waals surface area contributed by atoms with Crippen molar-refractivity contribution < 1.29 is 0 Å². The Hall–Kier alpha value is -2.17. The Balaban J connectivity index is 3.21. The van der Waals surface area contributed by atoms with Crippen molar-refractivity contribution in [3.05, 3.63) is 35.7 Å². The second-order valence-electron chi connectivity index (χ2n) is 2.81. The Labute approximate surface area is 88.0 Å². The maximum Gasteiger partial charge on any atom is 0.132 e. The van der Waals surface area contributed by atoms with Gasteiger partial charge in [-0.25, -0.2) is 4.98 Å². The molecule has 0 unspecified atom stereocenters. The van der Waals surface area contributed by atoms with Gasteiger partial charge in [0.15, 0.2) is 0 Å². The van der Waals surface area contributed by atoms with E-state index in [4.69, 9.17) is 16.9 Å². The Morgan fingerprint density at radius 2 is 2.33 bits per heavy atom. The van der Waals surface area contributed by atoms with E-state index in [1.807, 2.05) is 0 Å². The molecule has 78 valence electrons. The summed E-state index contributed by atoms with van der Waals surface area (Å²) in [4.78, 5) is 8.02. The predicted molar refractivity (Wildman–Crippen MR) is 62.3 cm³/mol. The highest BCUT2D eigenvalue weighted by Gasteiger charge is 2.03. The molecule has 0 aliphatic rings. The monoisotopic (exact) mass is 203 g/mol. The molecule has 0 bridgehead atoms. The van der Waals surface area contributed by atoms with Crippen LogP contribution in [-0.2, 0) is 0 Å². The van der Waals surface area contributed by atoms with Crippen LogP contribution < -0.4 is 11.5 Å². The minimum Gasteiger partial charge on any atom is -0.405 e. The highest BCUT2D eigenvalue weighted by Crippen LogP contribution is 2.09. The number of nitrogen functional groups attached to an aromatic ring is 1. The summed E-state index contributed by atoms with van der Waals surface area (Å²) >= 11 is 0. The molecular formula is C10H13N5. The number of nitrogens with one attached hydrogen (secondary N) is 1. The molecule has 1 aromatic rings. The number of hydrogen-bond acceptors (Lipinski definition) is 5. The average Bonchev–Trinajstić information content (AvgIpc) is 2.27. The number of pyridine rings is 1. The van der Waals surface area contributed by atoms with Gasteiger partial charge in [0.25, 0.3) is 0 Å². The van der Waals surface area contributed by atoms with Gasteiger partial charge in [-0.05, 0) is 18.3 Å². The fourth-order valence-corrected chi connectivity index (χ4v) is 1.14. The quantitative estimate of drug-likeness (QED) is 0.625. The van der Waals surface area contributed by atoms with Crippen molar-refractivity contribution in [1.29, 1.82) is 5.41 Å². The SMILES string of the molecule is CN=C(C=CN)c1cnc(N)c(C=N)c1. The van der Waals surface area contributed by atoms with Gasteiger partial charge in [-0.3, -0.25) is 4.99 Å². The molecule has 0 radical (unpaired) electrons. The molecule has 1 aromatic heterocycles. The van der Waals surface area contributed by atoms with Crippen LogP contribution in [0.25, 0.3) is 0 Å². The minimum atomic E-state index is 0.334. The Morgan fingerprint density at radius 3 is 2.87 bits per heavy atom. The molecule has 5 N–H and O–H groups in total. The zero-order valence-electron chi connectivity index (χ0n) is 8.44. The summed E-state index contributed by atoms with van der Waals surface area (Å²) in [7, 11) is 1.66. The van der Waals surface area contributed by atoms with Gasteiger partial charge >= 0.3 is 0 Å². The molecule has 0 spiro atoms. The highest BCUT2D eigenvalue weighted by atomic mass is 14.8. The largest absolute Gasteiger partial charge is 0.405 e. The summed E-state index contributed by atoms with van der Waals surface area (Å²) in [5, 5.41) is 7.15. The first-order valence-corrected chi connectivity index (χ1v) is 4.34. The molecule has 15 heavy (non-hydrogen) atoms. The lowest BCUT2D eigenvalue weighted by Gasteiger charge is -2.03. The summed E-state index contributed by atoms with van der Waals surface area (Å²) in [5.41, 5.74) is 12.9. The summed E-state index contributed by atoms with van der Waals surface area (Å²) < 4.78 is 0. The zero-order chi connectivity index (χ0) is 11.3. The number of anilines is 1. The molecule has 1 rings (SSSR count). The number of nitrogens with zero attached hydrogens (tertiary/aromatic N) is 2. The van der Waals surface area contributed by atoms with Crippen LogP contribution in [-0.4, -0.2) is 24.0 Å². The van der Waals surface area contributed by atoms with Crippen molar-refractivity contribution in [3.63, 3.8) is 0 Å². The van der Waals surface area contributed by atoms with E-state index >= 15 is 0 Å². The maximum atomic E-state index is 7.15. The number of hydrogen-bond donors (Lipinski definition) is 3. The van der Waals surface area contributed by atoms with Crippen molar-refractivity contribution in [2.45, 2.75) is 0 Å². The lowest BCUT2D eigenvalue weighted by atomic mass is 10.1. The number of allylic oxidation sites excluding steroid dienone is 1. The van der Waals surface area contributed by atoms with Gasteiger partial charge in [0.05, 0.1) is 5.71 Å². The van der Waals surface area contributed by atoms with Crippen LogP contribution in [0.1, 0.15) is 11.1 Å². The van der Waals surface area contributed by atoms with E-state index in [1.165, 1.54) is 6.20 Å². The van der Waals surface area contributed by atoms with Crippen LogP contribution in [0.3, 0.4) is 0 Å². The molecule has 1 heterocycles. The van der Waals surface area contributed by atoms with Crippen molar-refractivity contribution in [3.8, 4) is 0 Å². The Morgan fingerprint density at radius 1 is 1.60 bits per heavy atom. The van der Waals surface area contributed by atoms with E-state index in [1.54, 1.807) is 25.4 Å². The van der Waals surface area contributed by atoms with Crippen LogP contribution in [0, 0.1) is 5.41 Å². The lowest BCUT2D eigenvalue weighted by molar-refractivity contribution is 1.30. The van der Waals surface area contributed by atoms with Crippen LogP contribution in [0.5, 0.6) is 0 Å². The summed E-state index contributed by atoms with van der Waals surface area (Å²) in [6.45, 7) is 0. The topological polar surface area (TPSA) is 101 Å². The number of aliphatic imine (C=N–C) groups is 1. The summed E-state index contributed by atoms with van der Waals surface area (Å²) in [5.74, 6) is 0.334. The summed E-state index contributed by atoms with van der Waals surface area (Å²) in [6.07, 6.45) is 5.83. The fourth-order valence-electron chi connectivity index (χ4n) is 1.14. The van der Waals surface area contributed by atoms with Gasteiger partial charge in [-0.15, -0.1) is 0 Å². The van der Waals surface area contributed by atoms with Gasteiger partial charge in [0.1, 0.15) is 5.82 Å². The highest BCUT2D eigenvalue weighted by molar-refractivity contribution is 6.09. The summed E-state index contributed by atoms with van der Waals surface area (Å²) in [6, 6.07) is 1.75. The van der Waals surface area contributed by atoms with Crippen LogP contribution in [0.4, 0.5) is 5.82 Å². The van der Waals surface area contributed by atoms with Crippen LogP contribution >= 0.6 is 0 Å². The minimum absolute atomic E-state index is 0.334. The molecule has 5 nitrogen and oxygen atoms in total. The van der Waals surface area contributed by atoms with Gasteiger partial charge < -0.3 is 16.9 Å². The molecule has 0 aliphatic heterocycles. The molecule has 0 fully saturated rings. The molecular weight excluding hydrogens is 190 g/mol. The predicted octanol–water partition coefficient (Wildman–Crippen LogP) is 0.553. The first-order valence-electron chi connectivity index (χ1n) is 4.34. The van der Waals surface area contributed by atoms with Gasteiger partial charge in [-0.2, -0.15) is 0 Å². The second kappa shape index (κ2) is 4.90. The number of rotatable bonds is 3. The molecule has 0 saturated heterocycles. The van der Waals surface area contributed by atoms with Crippen molar-refractivity contribution in [2.75, 3.05) is 12.8 Å². The van der Waals surface area contributed by atoms with Crippen LogP contribution in [0.2, 0.25) is 0 Å². The van der Waals surface area contributed by atoms with E-state index < -0.39 is 0 Å². The third-order valence-electron chi connectivity index (χ3n) is 1.90. The fraction of sp³-hybridized carbons (Fsp3) is 0.100. The zero-order valence-corrected chi connectivity index (χ0v) is 8.44. The Bertz CT molecular complexity index is 420. The molecule has 0 saturated carbocycles. The smallest absolute Gasteiger partial charge is 0.132 e. The van der Waals surface area contributed by atoms with E-state index in [0.717, 1.165) is 11.8 Å². The van der Waals surface area contributed by atoms with Gasteiger partial charge in [0.2, 0.25) is 0 Å². The second-order valence-corrected chi connectivity index (χ2v) is 2.81. The molecule has 0 amide bonds. The third kappa shape index (κ3) is 2.40. The molecule has 5 heteroatoms.